The summed E-state index contributed by atoms with van der Waals surface area (Å²) in [7, 11) is 0. The molecule has 0 saturated heterocycles. The highest BCUT2D eigenvalue weighted by Crippen LogP contribution is 2.27. The van der Waals surface area contributed by atoms with Gasteiger partial charge in [-0.1, -0.05) is 47.3 Å². The standard InChI is InChI=1S/C14H17BrClNO4/c1-2-3-4-11(14(19)20)17-13(18)8-21-12-6-5-9(15)7-10(12)16/h5-7,11H,2-4,8H2,1H3,(H,17,18)(H,19,20)/t11-/m0/s1. The summed E-state index contributed by atoms with van der Waals surface area (Å²) in [5.41, 5.74) is 0. The largest absolute Gasteiger partial charge is 0.482 e. The lowest BCUT2D eigenvalue weighted by Crippen LogP contribution is -2.42. The van der Waals surface area contributed by atoms with Crippen LogP contribution in [-0.2, 0) is 9.59 Å². The Morgan fingerprint density at radius 1 is 1.48 bits per heavy atom. The highest BCUT2D eigenvalue weighted by molar-refractivity contribution is 9.10. The first kappa shape index (κ1) is 17.8. The number of aliphatic carboxylic acids is 1. The number of nitrogens with one attached hydrogen (secondary N) is 1. The van der Waals surface area contributed by atoms with E-state index in [-0.39, 0.29) is 6.61 Å². The number of carbonyl (C=O) groups is 2. The first-order valence-electron chi connectivity index (χ1n) is 6.54. The summed E-state index contributed by atoms with van der Waals surface area (Å²) in [6, 6.07) is 4.13. The molecule has 0 aliphatic carbocycles. The molecule has 1 aromatic rings. The second-order valence-electron chi connectivity index (χ2n) is 4.46. The summed E-state index contributed by atoms with van der Waals surface area (Å²) in [6.07, 6.45) is 2.00. The van der Waals surface area contributed by atoms with E-state index in [1.54, 1.807) is 18.2 Å². The van der Waals surface area contributed by atoms with Crippen molar-refractivity contribution < 1.29 is 19.4 Å². The lowest BCUT2D eigenvalue weighted by molar-refractivity contribution is -0.142. The number of rotatable bonds is 8. The Hall–Kier alpha value is -1.27. The van der Waals surface area contributed by atoms with Crippen LogP contribution in [0.4, 0.5) is 0 Å². The van der Waals surface area contributed by atoms with Crippen LogP contribution in [0.15, 0.2) is 22.7 Å². The Morgan fingerprint density at radius 2 is 2.19 bits per heavy atom. The number of hydrogen-bond donors (Lipinski definition) is 2. The lowest BCUT2D eigenvalue weighted by Gasteiger charge is -2.14. The van der Waals surface area contributed by atoms with E-state index >= 15 is 0 Å². The van der Waals surface area contributed by atoms with E-state index in [2.05, 4.69) is 21.2 Å². The average Bonchev–Trinajstić information content (AvgIpc) is 2.42. The molecule has 0 radical (unpaired) electrons. The SMILES string of the molecule is CCCC[C@H](NC(=O)COc1ccc(Br)cc1Cl)C(=O)O. The van der Waals surface area contributed by atoms with E-state index in [0.717, 1.165) is 17.3 Å². The third kappa shape index (κ3) is 6.35. The Labute approximate surface area is 136 Å². The van der Waals surface area contributed by atoms with Crippen molar-refractivity contribution in [2.45, 2.75) is 32.2 Å². The van der Waals surface area contributed by atoms with E-state index in [1.807, 2.05) is 6.92 Å². The Morgan fingerprint density at radius 3 is 2.76 bits per heavy atom. The van der Waals surface area contributed by atoms with Crippen LogP contribution in [0.2, 0.25) is 5.02 Å². The van der Waals surface area contributed by atoms with Crippen LogP contribution >= 0.6 is 27.5 Å². The van der Waals surface area contributed by atoms with Crippen molar-refractivity contribution in [3.05, 3.63) is 27.7 Å². The number of unbranched alkanes of at least 4 members (excludes halogenated alkanes) is 1. The molecular weight excluding hydrogens is 362 g/mol. The molecule has 1 amide bonds. The molecule has 0 saturated carbocycles. The molecule has 1 aromatic carbocycles. The number of carboxylic acid groups (broad SMARTS) is 1. The third-order valence-electron chi connectivity index (χ3n) is 2.73. The molecular formula is C14H17BrClNO4. The fraction of sp³-hybridized carbons (Fsp3) is 0.429. The second-order valence-corrected chi connectivity index (χ2v) is 5.79. The Balaban J connectivity index is 2.50. The van der Waals surface area contributed by atoms with Crippen LogP contribution in [0.25, 0.3) is 0 Å². The van der Waals surface area contributed by atoms with Crippen molar-refractivity contribution in [1.82, 2.24) is 5.32 Å². The van der Waals surface area contributed by atoms with Gasteiger partial charge in [0.15, 0.2) is 6.61 Å². The molecule has 0 aliphatic rings. The van der Waals surface area contributed by atoms with Crippen molar-refractivity contribution in [2.75, 3.05) is 6.61 Å². The van der Waals surface area contributed by atoms with Gasteiger partial charge >= 0.3 is 5.97 Å². The number of amides is 1. The molecule has 7 heteroatoms. The third-order valence-corrected chi connectivity index (χ3v) is 3.52. The van der Waals surface area contributed by atoms with Crippen molar-refractivity contribution >= 4 is 39.4 Å². The first-order valence-corrected chi connectivity index (χ1v) is 7.71. The molecule has 0 bridgehead atoms. The van der Waals surface area contributed by atoms with Gasteiger partial charge in [0.05, 0.1) is 5.02 Å². The highest BCUT2D eigenvalue weighted by Gasteiger charge is 2.19. The highest BCUT2D eigenvalue weighted by atomic mass is 79.9. The predicted molar refractivity (Wildman–Crippen MR) is 83.7 cm³/mol. The molecule has 0 aliphatic heterocycles. The topological polar surface area (TPSA) is 75.6 Å². The summed E-state index contributed by atoms with van der Waals surface area (Å²) in [4.78, 5) is 22.7. The summed E-state index contributed by atoms with van der Waals surface area (Å²) < 4.78 is 6.08. The molecule has 21 heavy (non-hydrogen) atoms. The van der Waals surface area contributed by atoms with Crippen molar-refractivity contribution in [3.63, 3.8) is 0 Å². The minimum absolute atomic E-state index is 0.280. The molecule has 0 spiro atoms. The van der Waals surface area contributed by atoms with Gasteiger partial charge in [0.1, 0.15) is 11.8 Å². The molecule has 0 heterocycles. The maximum atomic E-state index is 11.7. The van der Waals surface area contributed by atoms with E-state index in [4.69, 9.17) is 21.4 Å². The van der Waals surface area contributed by atoms with Crippen LogP contribution in [0.5, 0.6) is 5.75 Å². The summed E-state index contributed by atoms with van der Waals surface area (Å²) in [5, 5.41) is 11.8. The van der Waals surface area contributed by atoms with Gasteiger partial charge < -0.3 is 15.2 Å². The second kappa shape index (κ2) is 8.89. The van der Waals surface area contributed by atoms with Gasteiger partial charge in [-0.25, -0.2) is 4.79 Å². The zero-order valence-corrected chi connectivity index (χ0v) is 13.9. The van der Waals surface area contributed by atoms with Gasteiger partial charge in [-0.3, -0.25) is 4.79 Å². The molecule has 0 aromatic heterocycles. The number of halogens is 2. The fourth-order valence-corrected chi connectivity index (χ4v) is 2.37. The van der Waals surface area contributed by atoms with Crippen LogP contribution in [0.1, 0.15) is 26.2 Å². The molecule has 0 unspecified atom stereocenters. The summed E-state index contributed by atoms with van der Waals surface area (Å²) in [6.45, 7) is 1.68. The fourth-order valence-electron chi connectivity index (χ4n) is 1.64. The smallest absolute Gasteiger partial charge is 0.326 e. The van der Waals surface area contributed by atoms with Crippen LogP contribution < -0.4 is 10.1 Å². The Bertz CT molecular complexity index is 510. The zero-order valence-electron chi connectivity index (χ0n) is 11.6. The number of carbonyl (C=O) groups excluding carboxylic acids is 1. The van der Waals surface area contributed by atoms with Gasteiger partial charge in [-0.2, -0.15) is 0 Å². The number of ether oxygens (including phenoxy) is 1. The van der Waals surface area contributed by atoms with Gasteiger partial charge in [0, 0.05) is 4.47 Å². The minimum Gasteiger partial charge on any atom is -0.482 e. The van der Waals surface area contributed by atoms with Crippen LogP contribution in [-0.4, -0.2) is 29.6 Å². The summed E-state index contributed by atoms with van der Waals surface area (Å²) in [5.74, 6) is -1.16. The monoisotopic (exact) mass is 377 g/mol. The Kier molecular flexibility index (Phi) is 7.53. The first-order chi connectivity index (χ1) is 9.93. The molecule has 116 valence electrons. The minimum atomic E-state index is -1.04. The quantitative estimate of drug-likeness (QED) is 0.728. The van der Waals surface area contributed by atoms with Crippen LogP contribution in [0, 0.1) is 0 Å². The van der Waals surface area contributed by atoms with Crippen LogP contribution in [0.3, 0.4) is 0 Å². The van der Waals surface area contributed by atoms with E-state index in [1.165, 1.54) is 0 Å². The maximum Gasteiger partial charge on any atom is 0.326 e. The van der Waals surface area contributed by atoms with Crippen molar-refractivity contribution in [3.8, 4) is 5.75 Å². The number of hydrogen-bond acceptors (Lipinski definition) is 3. The predicted octanol–water partition coefficient (Wildman–Crippen LogP) is 3.24. The van der Waals surface area contributed by atoms with E-state index in [9.17, 15) is 9.59 Å². The summed E-state index contributed by atoms with van der Waals surface area (Å²) >= 11 is 9.22. The van der Waals surface area contributed by atoms with Crippen molar-refractivity contribution in [1.29, 1.82) is 0 Å². The molecule has 5 nitrogen and oxygen atoms in total. The van der Waals surface area contributed by atoms with Gasteiger partial charge in [0.25, 0.3) is 5.91 Å². The normalized spacial score (nSPS) is 11.8. The molecule has 1 atom stereocenters. The van der Waals surface area contributed by atoms with E-state index < -0.39 is 17.9 Å². The number of carboxylic acids is 1. The molecule has 2 N–H and O–H groups in total. The lowest BCUT2D eigenvalue weighted by atomic mass is 10.1. The van der Waals surface area contributed by atoms with Gasteiger partial charge in [-0.15, -0.1) is 0 Å². The molecule has 1 rings (SSSR count). The van der Waals surface area contributed by atoms with E-state index in [0.29, 0.717) is 17.2 Å². The zero-order chi connectivity index (χ0) is 15.8. The maximum absolute atomic E-state index is 11.7. The van der Waals surface area contributed by atoms with Gasteiger partial charge in [0.2, 0.25) is 0 Å². The van der Waals surface area contributed by atoms with Gasteiger partial charge in [-0.05, 0) is 24.6 Å². The number of benzene rings is 1. The molecule has 0 fully saturated rings. The van der Waals surface area contributed by atoms with Crippen molar-refractivity contribution in [2.24, 2.45) is 0 Å². The average molecular weight is 379 g/mol.